The second kappa shape index (κ2) is 7.87. The van der Waals surface area contributed by atoms with Crippen LogP contribution in [0.3, 0.4) is 0 Å². The van der Waals surface area contributed by atoms with Crippen molar-refractivity contribution in [3.05, 3.63) is 35.4 Å². The molecule has 6 heteroatoms. The maximum atomic E-state index is 11.9. The lowest BCUT2D eigenvalue weighted by molar-refractivity contribution is -0.129. The van der Waals surface area contributed by atoms with Crippen LogP contribution in [0.2, 0.25) is 0 Å². The second-order valence-electron chi connectivity index (χ2n) is 4.67. The Kier molecular flexibility index (Phi) is 6.48. The molecule has 1 saturated heterocycles. The van der Waals surface area contributed by atoms with Gasteiger partial charge in [-0.2, -0.15) is 0 Å². The van der Waals surface area contributed by atoms with Crippen molar-refractivity contribution in [2.75, 3.05) is 19.6 Å². The van der Waals surface area contributed by atoms with Gasteiger partial charge in [0.15, 0.2) is 0 Å². The van der Waals surface area contributed by atoms with Crippen molar-refractivity contribution in [3.63, 3.8) is 0 Å². The van der Waals surface area contributed by atoms with Crippen molar-refractivity contribution in [2.45, 2.75) is 19.4 Å². The number of nitrogens with two attached hydrogens (primary N) is 1. The highest BCUT2D eigenvalue weighted by molar-refractivity contribution is 5.96. The zero-order valence-electron chi connectivity index (χ0n) is 11.3. The topological polar surface area (TPSA) is 75.4 Å². The predicted molar refractivity (Wildman–Crippen MR) is 79.7 cm³/mol. The van der Waals surface area contributed by atoms with E-state index in [9.17, 15) is 9.59 Å². The van der Waals surface area contributed by atoms with E-state index >= 15 is 0 Å². The smallest absolute Gasteiger partial charge is 0.251 e. The molecule has 0 aliphatic carbocycles. The Balaban J connectivity index is 0.00000200. The van der Waals surface area contributed by atoms with Crippen molar-refractivity contribution < 1.29 is 9.59 Å². The number of nitrogens with zero attached hydrogens (tertiary/aromatic N) is 1. The molecule has 0 radical (unpaired) electrons. The van der Waals surface area contributed by atoms with Gasteiger partial charge >= 0.3 is 0 Å². The third-order valence-corrected chi connectivity index (χ3v) is 3.31. The van der Waals surface area contributed by atoms with Crippen LogP contribution in [0.15, 0.2) is 24.3 Å². The molecule has 5 nitrogen and oxygen atoms in total. The van der Waals surface area contributed by atoms with E-state index in [0.29, 0.717) is 12.1 Å². The van der Waals surface area contributed by atoms with Gasteiger partial charge in [-0.25, -0.2) is 0 Å². The lowest BCUT2D eigenvalue weighted by Gasteiger charge is -2.15. The van der Waals surface area contributed by atoms with Gasteiger partial charge in [0.1, 0.15) is 0 Å². The van der Waals surface area contributed by atoms with E-state index in [1.165, 1.54) is 0 Å². The Morgan fingerprint density at radius 2 is 1.75 bits per heavy atom. The predicted octanol–water partition coefficient (Wildman–Crippen LogP) is 0.919. The highest BCUT2D eigenvalue weighted by Crippen LogP contribution is 2.07. The summed E-state index contributed by atoms with van der Waals surface area (Å²) in [6, 6.07) is 7.07. The summed E-state index contributed by atoms with van der Waals surface area (Å²) < 4.78 is 0. The summed E-state index contributed by atoms with van der Waals surface area (Å²) >= 11 is 0. The number of hydrogen-bond donors (Lipinski definition) is 2. The number of benzene rings is 1. The molecule has 1 aromatic rings. The van der Waals surface area contributed by atoms with Gasteiger partial charge in [0.25, 0.3) is 5.91 Å². The third kappa shape index (κ3) is 4.21. The number of halogens is 1. The molecule has 0 unspecified atom stereocenters. The fourth-order valence-corrected chi connectivity index (χ4v) is 2.13. The molecule has 0 saturated carbocycles. The Labute approximate surface area is 124 Å². The summed E-state index contributed by atoms with van der Waals surface area (Å²) in [6.45, 7) is 2.13. The summed E-state index contributed by atoms with van der Waals surface area (Å²) in [6.07, 6.45) is 2.11. The molecular weight excluding hydrogens is 278 g/mol. The summed E-state index contributed by atoms with van der Waals surface area (Å²) in [5, 5.41) is 2.65. The van der Waals surface area contributed by atoms with Crippen molar-refractivity contribution in [1.82, 2.24) is 10.2 Å². The van der Waals surface area contributed by atoms with E-state index in [-0.39, 0.29) is 30.8 Å². The van der Waals surface area contributed by atoms with Gasteiger partial charge in [0.2, 0.25) is 5.91 Å². The molecule has 0 atom stereocenters. The van der Waals surface area contributed by atoms with Gasteiger partial charge in [0.05, 0.1) is 6.54 Å². The molecule has 20 heavy (non-hydrogen) atoms. The minimum Gasteiger partial charge on any atom is -0.343 e. The Morgan fingerprint density at radius 3 is 2.30 bits per heavy atom. The number of carbonyl (C=O) groups is 2. The molecule has 1 aliphatic rings. The molecule has 0 spiro atoms. The molecule has 2 rings (SSSR count). The van der Waals surface area contributed by atoms with Crippen LogP contribution in [0.4, 0.5) is 0 Å². The summed E-state index contributed by atoms with van der Waals surface area (Å²) in [7, 11) is 0. The number of hydrogen-bond acceptors (Lipinski definition) is 3. The van der Waals surface area contributed by atoms with Gasteiger partial charge in [-0.05, 0) is 30.5 Å². The van der Waals surface area contributed by atoms with Crippen molar-refractivity contribution in [3.8, 4) is 0 Å². The molecule has 1 fully saturated rings. The van der Waals surface area contributed by atoms with Crippen LogP contribution in [0.5, 0.6) is 0 Å². The molecule has 1 aliphatic heterocycles. The van der Waals surface area contributed by atoms with E-state index in [0.717, 1.165) is 31.5 Å². The summed E-state index contributed by atoms with van der Waals surface area (Å²) in [5.41, 5.74) is 7.02. The second-order valence-corrected chi connectivity index (χ2v) is 4.67. The van der Waals surface area contributed by atoms with E-state index in [2.05, 4.69) is 5.32 Å². The lowest BCUT2D eigenvalue weighted by atomic mass is 10.1. The van der Waals surface area contributed by atoms with Crippen LogP contribution >= 0.6 is 12.4 Å². The van der Waals surface area contributed by atoms with Crippen LogP contribution in [-0.2, 0) is 11.3 Å². The first kappa shape index (κ1) is 16.5. The Bertz CT molecular complexity index is 456. The molecule has 1 aromatic carbocycles. The highest BCUT2D eigenvalue weighted by atomic mass is 35.5. The number of rotatable bonds is 4. The SMILES string of the molecule is Cl.NCc1ccc(C(=O)NCC(=O)N2CCCC2)cc1. The van der Waals surface area contributed by atoms with E-state index in [1.54, 1.807) is 17.0 Å². The van der Waals surface area contributed by atoms with E-state index in [4.69, 9.17) is 5.73 Å². The first-order valence-corrected chi connectivity index (χ1v) is 6.55. The van der Waals surface area contributed by atoms with Crippen molar-refractivity contribution in [1.29, 1.82) is 0 Å². The molecule has 1 heterocycles. The molecule has 2 amide bonds. The van der Waals surface area contributed by atoms with E-state index < -0.39 is 0 Å². The Hall–Kier alpha value is -1.59. The average Bonchev–Trinajstić information content (AvgIpc) is 2.98. The van der Waals surface area contributed by atoms with Gasteiger partial charge in [0, 0.05) is 25.2 Å². The fourth-order valence-electron chi connectivity index (χ4n) is 2.13. The first-order valence-electron chi connectivity index (χ1n) is 6.55. The number of likely N-dealkylation sites (tertiary alicyclic amines) is 1. The standard InChI is InChI=1S/C14H19N3O2.ClH/c15-9-11-3-5-12(6-4-11)14(19)16-10-13(18)17-7-1-2-8-17;/h3-6H,1-2,7-10,15H2,(H,16,19);1H. The van der Waals surface area contributed by atoms with Gasteiger partial charge in [-0.1, -0.05) is 12.1 Å². The number of amides is 2. The Morgan fingerprint density at radius 1 is 1.15 bits per heavy atom. The zero-order valence-corrected chi connectivity index (χ0v) is 12.1. The highest BCUT2D eigenvalue weighted by Gasteiger charge is 2.18. The largest absolute Gasteiger partial charge is 0.343 e. The minimum absolute atomic E-state index is 0. The monoisotopic (exact) mass is 297 g/mol. The quantitative estimate of drug-likeness (QED) is 0.868. The molecule has 0 aromatic heterocycles. The first-order chi connectivity index (χ1) is 9.20. The summed E-state index contributed by atoms with van der Waals surface area (Å²) in [4.78, 5) is 25.4. The zero-order chi connectivity index (χ0) is 13.7. The minimum atomic E-state index is -0.226. The third-order valence-electron chi connectivity index (χ3n) is 3.31. The average molecular weight is 298 g/mol. The fraction of sp³-hybridized carbons (Fsp3) is 0.429. The maximum Gasteiger partial charge on any atom is 0.251 e. The van der Waals surface area contributed by atoms with Crippen LogP contribution < -0.4 is 11.1 Å². The summed E-state index contributed by atoms with van der Waals surface area (Å²) in [5.74, 6) is -0.236. The van der Waals surface area contributed by atoms with Crippen LogP contribution in [0.25, 0.3) is 0 Å². The van der Waals surface area contributed by atoms with Crippen molar-refractivity contribution >= 4 is 24.2 Å². The maximum absolute atomic E-state index is 11.9. The molecular formula is C14H20ClN3O2. The molecule has 110 valence electrons. The normalized spacial score (nSPS) is 13.8. The molecule has 0 bridgehead atoms. The van der Waals surface area contributed by atoms with Gasteiger partial charge in [-0.15, -0.1) is 12.4 Å². The van der Waals surface area contributed by atoms with Crippen LogP contribution in [0, 0.1) is 0 Å². The van der Waals surface area contributed by atoms with Crippen LogP contribution in [0.1, 0.15) is 28.8 Å². The number of nitrogens with one attached hydrogen (secondary N) is 1. The van der Waals surface area contributed by atoms with Crippen molar-refractivity contribution in [2.24, 2.45) is 5.73 Å². The number of carbonyl (C=O) groups excluding carboxylic acids is 2. The van der Waals surface area contributed by atoms with E-state index in [1.807, 2.05) is 12.1 Å². The van der Waals surface area contributed by atoms with Gasteiger partial charge < -0.3 is 16.0 Å². The molecule has 3 N–H and O–H groups in total. The van der Waals surface area contributed by atoms with Gasteiger partial charge in [-0.3, -0.25) is 9.59 Å². The van der Waals surface area contributed by atoms with Crippen LogP contribution in [-0.4, -0.2) is 36.3 Å². The lowest BCUT2D eigenvalue weighted by Crippen LogP contribution is -2.38.